The Labute approximate surface area is 209 Å². The fraction of sp³-hybridized carbons (Fsp3) is 0.125. The quantitative estimate of drug-likeness (QED) is 0.298. The van der Waals surface area contributed by atoms with Crippen molar-refractivity contribution in [2.75, 3.05) is 11.9 Å². The van der Waals surface area contributed by atoms with Crippen LogP contribution >= 0.6 is 23.2 Å². The molecule has 0 saturated heterocycles. The number of fused-ring (bicyclic) bond motifs is 1. The molecule has 9 nitrogen and oxygen atoms in total. The lowest BCUT2D eigenvalue weighted by Crippen LogP contribution is -2.30. The summed E-state index contributed by atoms with van der Waals surface area (Å²) < 4.78 is 0. The molecular formula is C24H20Cl2N6O3. The third-order valence-electron chi connectivity index (χ3n) is 5.25. The number of nitrogens with two attached hydrogens (primary N) is 1. The van der Waals surface area contributed by atoms with Crippen LogP contribution in [0.4, 0.5) is 5.69 Å². The van der Waals surface area contributed by atoms with Gasteiger partial charge in [0.15, 0.2) is 0 Å². The zero-order valence-electron chi connectivity index (χ0n) is 18.2. The van der Waals surface area contributed by atoms with Crippen LogP contribution < -0.4 is 21.9 Å². The van der Waals surface area contributed by atoms with E-state index >= 15 is 0 Å². The van der Waals surface area contributed by atoms with Crippen LogP contribution in [0.15, 0.2) is 65.8 Å². The monoisotopic (exact) mass is 510 g/mol. The third-order valence-corrected chi connectivity index (χ3v) is 5.81. The number of carbonyl (C=O) groups excluding carboxylic acids is 2. The maximum absolute atomic E-state index is 13.0. The fourth-order valence-electron chi connectivity index (χ4n) is 3.52. The molecule has 35 heavy (non-hydrogen) atoms. The van der Waals surface area contributed by atoms with E-state index in [0.717, 1.165) is 5.56 Å². The lowest BCUT2D eigenvalue weighted by Gasteiger charge is -2.19. The van der Waals surface area contributed by atoms with Crippen molar-refractivity contribution in [2.45, 2.75) is 12.5 Å². The van der Waals surface area contributed by atoms with Gasteiger partial charge in [0.1, 0.15) is 17.5 Å². The average molecular weight is 511 g/mol. The van der Waals surface area contributed by atoms with E-state index in [-0.39, 0.29) is 27.9 Å². The first-order valence-corrected chi connectivity index (χ1v) is 11.3. The molecule has 1 atom stereocenters. The summed E-state index contributed by atoms with van der Waals surface area (Å²) in [5.74, 6) is -1.09. The van der Waals surface area contributed by atoms with Crippen LogP contribution in [-0.2, 0) is 0 Å². The SMILES string of the molecule is NCCC(NC(=O)c1ccc(Cl)c(NC(=O)c2cc3cncnc3[nH]c2=O)c1)c1cccc(Cl)c1. The second kappa shape index (κ2) is 10.6. The smallest absolute Gasteiger partial charge is 0.262 e. The maximum atomic E-state index is 13.0. The first-order chi connectivity index (χ1) is 16.9. The van der Waals surface area contributed by atoms with E-state index in [4.69, 9.17) is 28.9 Å². The fourth-order valence-corrected chi connectivity index (χ4v) is 3.88. The van der Waals surface area contributed by atoms with E-state index in [2.05, 4.69) is 25.6 Å². The molecule has 2 heterocycles. The Morgan fingerprint density at radius 2 is 1.91 bits per heavy atom. The minimum absolute atomic E-state index is 0.151. The van der Waals surface area contributed by atoms with Crippen molar-refractivity contribution in [1.29, 1.82) is 0 Å². The van der Waals surface area contributed by atoms with Crippen LogP contribution in [0.25, 0.3) is 11.0 Å². The molecule has 4 rings (SSSR count). The molecular weight excluding hydrogens is 491 g/mol. The summed E-state index contributed by atoms with van der Waals surface area (Å²) in [7, 11) is 0. The van der Waals surface area contributed by atoms with Gasteiger partial charge in [-0.1, -0.05) is 35.3 Å². The molecule has 0 spiro atoms. The number of aromatic amines is 1. The highest BCUT2D eigenvalue weighted by Crippen LogP contribution is 2.25. The third kappa shape index (κ3) is 5.65. The highest BCUT2D eigenvalue weighted by atomic mass is 35.5. The Balaban J connectivity index is 1.56. The minimum atomic E-state index is -0.698. The van der Waals surface area contributed by atoms with Gasteiger partial charge in [-0.15, -0.1) is 0 Å². The Bertz CT molecular complexity index is 1470. The molecule has 11 heteroatoms. The van der Waals surface area contributed by atoms with Crippen molar-refractivity contribution < 1.29 is 9.59 Å². The van der Waals surface area contributed by atoms with Crippen LogP contribution in [0, 0.1) is 0 Å². The van der Waals surface area contributed by atoms with Gasteiger partial charge in [0.2, 0.25) is 0 Å². The van der Waals surface area contributed by atoms with Crippen molar-refractivity contribution in [3.05, 3.63) is 98.1 Å². The van der Waals surface area contributed by atoms with Crippen LogP contribution in [-0.4, -0.2) is 33.3 Å². The number of nitrogens with one attached hydrogen (secondary N) is 3. The van der Waals surface area contributed by atoms with E-state index in [1.54, 1.807) is 18.2 Å². The molecule has 0 aliphatic rings. The molecule has 2 amide bonds. The molecule has 0 bridgehead atoms. The second-order valence-electron chi connectivity index (χ2n) is 7.65. The summed E-state index contributed by atoms with van der Waals surface area (Å²) in [6.07, 6.45) is 3.27. The topological polar surface area (TPSA) is 143 Å². The molecule has 5 N–H and O–H groups in total. The number of amides is 2. The highest BCUT2D eigenvalue weighted by molar-refractivity contribution is 6.34. The lowest BCUT2D eigenvalue weighted by molar-refractivity contribution is 0.0934. The highest BCUT2D eigenvalue weighted by Gasteiger charge is 2.19. The predicted molar refractivity (Wildman–Crippen MR) is 135 cm³/mol. The summed E-state index contributed by atoms with van der Waals surface area (Å²) in [6, 6.07) is 12.6. The number of pyridine rings is 1. The molecule has 2 aromatic carbocycles. The van der Waals surface area contributed by atoms with Crippen molar-refractivity contribution in [3.8, 4) is 0 Å². The molecule has 2 aromatic heterocycles. The molecule has 1 unspecified atom stereocenters. The summed E-state index contributed by atoms with van der Waals surface area (Å²) >= 11 is 12.3. The summed E-state index contributed by atoms with van der Waals surface area (Å²) in [6.45, 7) is 0.352. The van der Waals surface area contributed by atoms with Gasteiger partial charge in [-0.25, -0.2) is 9.97 Å². The zero-order valence-corrected chi connectivity index (χ0v) is 19.7. The van der Waals surface area contributed by atoms with Gasteiger partial charge in [-0.05, 0) is 54.9 Å². The Morgan fingerprint density at radius 3 is 2.69 bits per heavy atom. The van der Waals surface area contributed by atoms with Crippen LogP contribution in [0.5, 0.6) is 0 Å². The number of carbonyl (C=O) groups is 2. The van der Waals surface area contributed by atoms with Gasteiger partial charge in [-0.3, -0.25) is 14.4 Å². The number of anilines is 1. The van der Waals surface area contributed by atoms with E-state index in [1.165, 1.54) is 36.8 Å². The van der Waals surface area contributed by atoms with Gasteiger partial charge in [0, 0.05) is 22.2 Å². The molecule has 0 fully saturated rings. The summed E-state index contributed by atoms with van der Waals surface area (Å²) in [4.78, 5) is 48.6. The van der Waals surface area contributed by atoms with Crippen LogP contribution in [0.1, 0.15) is 38.7 Å². The van der Waals surface area contributed by atoms with Crippen LogP contribution in [0.2, 0.25) is 10.0 Å². The number of H-pyrrole nitrogens is 1. The molecule has 4 aromatic rings. The molecule has 0 saturated carbocycles. The van der Waals surface area contributed by atoms with E-state index in [1.807, 2.05) is 6.07 Å². The van der Waals surface area contributed by atoms with Gasteiger partial charge in [0.05, 0.1) is 16.8 Å². The zero-order chi connectivity index (χ0) is 24.9. The summed E-state index contributed by atoms with van der Waals surface area (Å²) in [5.41, 5.74) is 6.52. The number of hydrogen-bond donors (Lipinski definition) is 4. The molecule has 0 aliphatic carbocycles. The number of nitrogens with zero attached hydrogens (tertiary/aromatic N) is 2. The molecule has 0 radical (unpaired) electrons. The van der Waals surface area contributed by atoms with Gasteiger partial charge in [-0.2, -0.15) is 0 Å². The number of benzene rings is 2. The normalized spacial score (nSPS) is 11.7. The Kier molecular flexibility index (Phi) is 7.40. The average Bonchev–Trinajstić information content (AvgIpc) is 2.84. The van der Waals surface area contributed by atoms with Crippen molar-refractivity contribution >= 4 is 51.7 Å². The predicted octanol–water partition coefficient (Wildman–Crippen LogP) is 3.70. The number of rotatable bonds is 7. The summed E-state index contributed by atoms with van der Waals surface area (Å²) in [5, 5.41) is 6.77. The minimum Gasteiger partial charge on any atom is -0.345 e. The van der Waals surface area contributed by atoms with E-state index < -0.39 is 17.4 Å². The maximum Gasteiger partial charge on any atom is 0.262 e. The van der Waals surface area contributed by atoms with E-state index in [9.17, 15) is 14.4 Å². The number of aromatic nitrogens is 3. The van der Waals surface area contributed by atoms with Crippen LogP contribution in [0.3, 0.4) is 0 Å². The largest absolute Gasteiger partial charge is 0.345 e. The first kappa shape index (κ1) is 24.3. The van der Waals surface area contributed by atoms with E-state index in [0.29, 0.717) is 29.0 Å². The molecule has 0 aliphatic heterocycles. The van der Waals surface area contributed by atoms with Gasteiger partial charge in [0.25, 0.3) is 17.4 Å². The standard InChI is InChI=1S/C24H20Cl2N6O3/c25-16-3-1-2-13(8-16)19(6-7-27)30-22(33)14-4-5-18(26)20(10-14)31-23(34)17-9-15-11-28-12-29-21(15)32-24(17)35/h1-5,8-12,19H,6-7,27H2,(H,30,33)(H,31,34)(H,28,29,32,35). The first-order valence-electron chi connectivity index (χ1n) is 10.6. The molecule has 178 valence electrons. The van der Waals surface area contributed by atoms with Crippen molar-refractivity contribution in [2.24, 2.45) is 5.73 Å². The van der Waals surface area contributed by atoms with Gasteiger partial charge < -0.3 is 21.4 Å². The Hall–Kier alpha value is -3.79. The second-order valence-corrected chi connectivity index (χ2v) is 8.49. The van der Waals surface area contributed by atoms with Crippen molar-refractivity contribution in [1.82, 2.24) is 20.3 Å². The lowest BCUT2D eigenvalue weighted by atomic mass is 10.0. The van der Waals surface area contributed by atoms with Crippen molar-refractivity contribution in [3.63, 3.8) is 0 Å². The van der Waals surface area contributed by atoms with Gasteiger partial charge >= 0.3 is 0 Å². The Morgan fingerprint density at radius 1 is 1.09 bits per heavy atom. The number of halogens is 2. The number of hydrogen-bond acceptors (Lipinski definition) is 6.